The molecule has 2 aliphatic heterocycles. The summed E-state index contributed by atoms with van der Waals surface area (Å²) >= 11 is 0. The zero-order valence-corrected chi connectivity index (χ0v) is 13.2. The molecule has 21 heavy (non-hydrogen) atoms. The highest BCUT2D eigenvalue weighted by Crippen LogP contribution is 2.58. The fourth-order valence-electron chi connectivity index (χ4n) is 4.59. The summed E-state index contributed by atoms with van der Waals surface area (Å²) < 4.78 is 5.88. The van der Waals surface area contributed by atoms with Crippen LogP contribution in [0.1, 0.15) is 39.5 Å². The Morgan fingerprint density at radius 3 is 2.62 bits per heavy atom. The number of aliphatic hydroxyl groups is 1. The van der Waals surface area contributed by atoms with E-state index in [9.17, 15) is 9.90 Å². The lowest BCUT2D eigenvalue weighted by Gasteiger charge is -2.66. The lowest BCUT2D eigenvalue weighted by Crippen LogP contribution is -2.82. The van der Waals surface area contributed by atoms with Gasteiger partial charge in [0.2, 0.25) is 5.91 Å². The van der Waals surface area contributed by atoms with Crippen LogP contribution in [-0.2, 0) is 9.53 Å². The summed E-state index contributed by atoms with van der Waals surface area (Å²) in [6, 6.07) is 0. The van der Waals surface area contributed by atoms with Gasteiger partial charge < -0.3 is 20.5 Å². The van der Waals surface area contributed by atoms with E-state index < -0.39 is 5.54 Å². The molecule has 1 aliphatic carbocycles. The van der Waals surface area contributed by atoms with Crippen LogP contribution in [0.5, 0.6) is 0 Å². The van der Waals surface area contributed by atoms with Crippen LogP contribution in [0.2, 0.25) is 0 Å². The lowest BCUT2D eigenvalue weighted by atomic mass is 9.46. The molecule has 5 heteroatoms. The third-order valence-corrected chi connectivity index (χ3v) is 6.20. The van der Waals surface area contributed by atoms with Gasteiger partial charge in [-0.1, -0.05) is 13.8 Å². The van der Waals surface area contributed by atoms with E-state index in [1.165, 1.54) is 0 Å². The number of fused-ring (bicyclic) bond motifs is 1. The summed E-state index contributed by atoms with van der Waals surface area (Å²) in [7, 11) is 0. The zero-order chi connectivity index (χ0) is 15.3. The molecule has 0 aromatic rings. The average molecular weight is 296 g/mol. The summed E-state index contributed by atoms with van der Waals surface area (Å²) in [4.78, 5) is 15.0. The number of carbonyl (C=O) groups is 1. The quantitative estimate of drug-likeness (QED) is 0.788. The van der Waals surface area contributed by atoms with E-state index in [0.717, 1.165) is 45.4 Å². The molecule has 3 rings (SSSR count). The maximum Gasteiger partial charge on any atom is 0.243 e. The number of hydrogen-bond donors (Lipinski definition) is 2. The van der Waals surface area contributed by atoms with Gasteiger partial charge in [-0.2, -0.15) is 0 Å². The van der Waals surface area contributed by atoms with E-state index in [1.54, 1.807) is 0 Å². The minimum atomic E-state index is -0.788. The fraction of sp³-hybridized carbons (Fsp3) is 0.938. The SMILES string of the molecule is CC1(C)C2OCCCC2C1(N)C(=O)N1CCC(CO)CC1. The highest BCUT2D eigenvalue weighted by atomic mass is 16.5. The zero-order valence-electron chi connectivity index (χ0n) is 13.2. The highest BCUT2D eigenvalue weighted by molar-refractivity contribution is 5.89. The van der Waals surface area contributed by atoms with E-state index in [-0.39, 0.29) is 30.0 Å². The molecule has 3 N–H and O–H groups in total. The Balaban J connectivity index is 1.74. The minimum Gasteiger partial charge on any atom is -0.396 e. The van der Waals surface area contributed by atoms with Crippen molar-refractivity contribution >= 4 is 5.91 Å². The van der Waals surface area contributed by atoms with Crippen LogP contribution in [-0.4, -0.2) is 53.9 Å². The molecular formula is C16H28N2O3. The van der Waals surface area contributed by atoms with Gasteiger partial charge in [0.15, 0.2) is 0 Å². The molecule has 0 spiro atoms. The largest absolute Gasteiger partial charge is 0.396 e. The first kappa shape index (κ1) is 15.3. The third-order valence-electron chi connectivity index (χ3n) is 6.20. The van der Waals surface area contributed by atoms with Crippen molar-refractivity contribution in [3.05, 3.63) is 0 Å². The van der Waals surface area contributed by atoms with E-state index in [2.05, 4.69) is 13.8 Å². The van der Waals surface area contributed by atoms with E-state index >= 15 is 0 Å². The predicted octanol–water partition coefficient (Wildman–Crippen LogP) is 0.750. The summed E-state index contributed by atoms with van der Waals surface area (Å²) in [5, 5.41) is 9.23. The summed E-state index contributed by atoms with van der Waals surface area (Å²) in [6.45, 7) is 6.58. The minimum absolute atomic E-state index is 0.0932. The number of amides is 1. The smallest absolute Gasteiger partial charge is 0.243 e. The number of likely N-dealkylation sites (tertiary alicyclic amines) is 1. The number of aliphatic hydroxyl groups excluding tert-OH is 1. The summed E-state index contributed by atoms with van der Waals surface area (Å²) in [6.07, 6.45) is 3.86. The van der Waals surface area contributed by atoms with Crippen molar-refractivity contribution in [3.8, 4) is 0 Å². The second-order valence-corrected chi connectivity index (χ2v) is 7.55. The van der Waals surface area contributed by atoms with Crippen LogP contribution in [0.3, 0.4) is 0 Å². The summed E-state index contributed by atoms with van der Waals surface area (Å²) in [5.74, 6) is 0.586. The van der Waals surface area contributed by atoms with Gasteiger partial charge in [-0.25, -0.2) is 0 Å². The predicted molar refractivity (Wildman–Crippen MR) is 79.6 cm³/mol. The molecule has 2 heterocycles. The van der Waals surface area contributed by atoms with Gasteiger partial charge in [0.05, 0.1) is 6.10 Å². The number of nitrogens with zero attached hydrogens (tertiary/aromatic N) is 1. The first-order valence-electron chi connectivity index (χ1n) is 8.23. The Labute approximate surface area is 126 Å². The standard InChI is InChI=1S/C16H28N2O3/c1-15(2)13-12(4-3-9-21-13)16(15,17)14(20)18-7-5-11(10-19)6-8-18/h11-13,19H,3-10,17H2,1-2H3. The molecule has 120 valence electrons. The first-order chi connectivity index (χ1) is 9.92. The van der Waals surface area contributed by atoms with Crippen molar-refractivity contribution in [2.75, 3.05) is 26.3 Å². The normalized spacial score (nSPS) is 39.5. The van der Waals surface area contributed by atoms with Crippen LogP contribution in [0.4, 0.5) is 0 Å². The topological polar surface area (TPSA) is 75.8 Å². The van der Waals surface area contributed by atoms with Crippen LogP contribution >= 0.6 is 0 Å². The van der Waals surface area contributed by atoms with Crippen molar-refractivity contribution in [2.45, 2.75) is 51.2 Å². The van der Waals surface area contributed by atoms with Gasteiger partial charge in [-0.05, 0) is 31.6 Å². The Bertz CT molecular complexity index is 418. The average Bonchev–Trinajstić information content (AvgIpc) is 2.53. The van der Waals surface area contributed by atoms with Crippen LogP contribution in [0.15, 0.2) is 0 Å². The number of ether oxygens (including phenoxy) is 1. The van der Waals surface area contributed by atoms with Gasteiger partial charge in [-0.3, -0.25) is 4.79 Å². The maximum atomic E-state index is 13.1. The second-order valence-electron chi connectivity index (χ2n) is 7.55. The van der Waals surface area contributed by atoms with Crippen LogP contribution < -0.4 is 5.73 Å². The molecule has 3 atom stereocenters. The van der Waals surface area contributed by atoms with Gasteiger partial charge in [-0.15, -0.1) is 0 Å². The number of piperidine rings is 1. The van der Waals surface area contributed by atoms with E-state index in [0.29, 0.717) is 5.92 Å². The molecule has 2 saturated heterocycles. The molecule has 0 bridgehead atoms. The monoisotopic (exact) mass is 296 g/mol. The van der Waals surface area contributed by atoms with Crippen molar-refractivity contribution in [1.29, 1.82) is 0 Å². The van der Waals surface area contributed by atoms with Crippen molar-refractivity contribution in [1.82, 2.24) is 4.90 Å². The molecular weight excluding hydrogens is 268 g/mol. The lowest BCUT2D eigenvalue weighted by molar-refractivity contribution is -0.230. The van der Waals surface area contributed by atoms with Gasteiger partial charge in [0, 0.05) is 37.6 Å². The molecule has 3 fully saturated rings. The van der Waals surface area contributed by atoms with Crippen molar-refractivity contribution < 1.29 is 14.6 Å². The van der Waals surface area contributed by atoms with Crippen molar-refractivity contribution in [2.24, 2.45) is 23.0 Å². The second kappa shape index (κ2) is 5.21. The maximum absolute atomic E-state index is 13.1. The molecule has 3 aliphatic rings. The summed E-state index contributed by atoms with van der Waals surface area (Å²) in [5.41, 5.74) is 5.57. The van der Waals surface area contributed by atoms with Gasteiger partial charge in [0.1, 0.15) is 5.54 Å². The Morgan fingerprint density at radius 1 is 1.33 bits per heavy atom. The molecule has 0 radical (unpaired) electrons. The highest BCUT2D eigenvalue weighted by Gasteiger charge is 2.70. The van der Waals surface area contributed by atoms with Crippen molar-refractivity contribution in [3.63, 3.8) is 0 Å². The molecule has 3 unspecified atom stereocenters. The Hall–Kier alpha value is -0.650. The van der Waals surface area contributed by atoms with Gasteiger partial charge in [0.25, 0.3) is 0 Å². The van der Waals surface area contributed by atoms with Gasteiger partial charge >= 0.3 is 0 Å². The van der Waals surface area contributed by atoms with Crippen LogP contribution in [0, 0.1) is 17.3 Å². The Morgan fingerprint density at radius 2 is 2.00 bits per heavy atom. The fourth-order valence-corrected chi connectivity index (χ4v) is 4.59. The molecule has 1 saturated carbocycles. The molecule has 0 aromatic carbocycles. The first-order valence-corrected chi connectivity index (χ1v) is 8.23. The molecule has 5 nitrogen and oxygen atoms in total. The van der Waals surface area contributed by atoms with Crippen LogP contribution in [0.25, 0.3) is 0 Å². The van der Waals surface area contributed by atoms with E-state index in [1.807, 2.05) is 4.90 Å². The van der Waals surface area contributed by atoms with E-state index in [4.69, 9.17) is 10.5 Å². The number of rotatable bonds is 2. The number of carbonyl (C=O) groups excluding carboxylic acids is 1. The number of nitrogens with two attached hydrogens (primary N) is 1. The molecule has 1 amide bonds. The molecule has 0 aromatic heterocycles. The third kappa shape index (κ3) is 2.05. The number of hydrogen-bond acceptors (Lipinski definition) is 4. The Kier molecular flexibility index (Phi) is 3.79.